The first-order valence-electron chi connectivity index (χ1n) is 8.39. The van der Waals surface area contributed by atoms with Crippen molar-refractivity contribution in [2.45, 2.75) is 40.2 Å². The summed E-state index contributed by atoms with van der Waals surface area (Å²) >= 11 is 1.48. The van der Waals surface area contributed by atoms with Gasteiger partial charge < -0.3 is 4.57 Å². The Hall–Kier alpha value is -2.40. The molecule has 0 saturated heterocycles. The van der Waals surface area contributed by atoms with Crippen molar-refractivity contribution in [2.24, 2.45) is 0 Å². The number of nitrogens with one attached hydrogen (secondary N) is 1. The Morgan fingerprint density at radius 3 is 2.76 bits per heavy atom. The Bertz CT molecular complexity index is 949. The van der Waals surface area contributed by atoms with Gasteiger partial charge in [-0.2, -0.15) is 0 Å². The summed E-state index contributed by atoms with van der Waals surface area (Å²) in [6, 6.07) is 6.43. The molecule has 2 aromatic heterocycles. The van der Waals surface area contributed by atoms with Crippen LogP contribution in [0.2, 0.25) is 0 Å². The van der Waals surface area contributed by atoms with E-state index in [0.717, 1.165) is 21.3 Å². The van der Waals surface area contributed by atoms with E-state index in [1.54, 1.807) is 6.20 Å². The van der Waals surface area contributed by atoms with E-state index >= 15 is 0 Å². The van der Waals surface area contributed by atoms with Crippen molar-refractivity contribution < 1.29 is 4.79 Å². The molecule has 4 nitrogen and oxygen atoms in total. The number of anilines is 1. The number of thiazole rings is 1. The molecule has 1 amide bonds. The van der Waals surface area contributed by atoms with Gasteiger partial charge in [0.25, 0.3) is 5.91 Å². The summed E-state index contributed by atoms with van der Waals surface area (Å²) in [6.45, 7) is 12.8. The zero-order valence-corrected chi connectivity index (χ0v) is 15.9. The SMILES string of the molecule is C=CCn1c(C(=O)Nc2ncc(C)s2)c(C)c2cc(C(C)C)ccc21. The van der Waals surface area contributed by atoms with Gasteiger partial charge in [-0.05, 0) is 43.0 Å². The summed E-state index contributed by atoms with van der Waals surface area (Å²) in [5.41, 5.74) is 3.99. The normalized spacial score (nSPS) is 11.2. The molecule has 3 rings (SSSR count). The molecule has 0 bridgehead atoms. The number of fused-ring (bicyclic) bond motifs is 1. The zero-order valence-electron chi connectivity index (χ0n) is 15.1. The second-order valence-electron chi connectivity index (χ2n) is 6.53. The second-order valence-corrected chi connectivity index (χ2v) is 7.77. The maximum absolute atomic E-state index is 12.9. The first-order valence-corrected chi connectivity index (χ1v) is 9.21. The fourth-order valence-electron chi connectivity index (χ4n) is 3.08. The van der Waals surface area contributed by atoms with Crippen LogP contribution < -0.4 is 5.32 Å². The van der Waals surface area contributed by atoms with Crippen LogP contribution in [0.1, 0.15) is 46.3 Å². The average molecular weight is 353 g/mol. The summed E-state index contributed by atoms with van der Waals surface area (Å²) in [4.78, 5) is 18.2. The van der Waals surface area contributed by atoms with Crippen molar-refractivity contribution >= 4 is 33.3 Å². The molecule has 0 aliphatic rings. The highest BCUT2D eigenvalue weighted by atomic mass is 32.1. The van der Waals surface area contributed by atoms with E-state index in [-0.39, 0.29) is 5.91 Å². The monoisotopic (exact) mass is 353 g/mol. The molecule has 0 saturated carbocycles. The van der Waals surface area contributed by atoms with Gasteiger partial charge in [0.1, 0.15) is 5.69 Å². The van der Waals surface area contributed by atoms with E-state index in [2.05, 4.69) is 48.9 Å². The number of rotatable bonds is 5. The molecule has 130 valence electrons. The molecule has 1 N–H and O–H groups in total. The van der Waals surface area contributed by atoms with E-state index in [1.165, 1.54) is 16.9 Å². The number of hydrogen-bond donors (Lipinski definition) is 1. The summed E-state index contributed by atoms with van der Waals surface area (Å²) < 4.78 is 2.03. The third kappa shape index (κ3) is 3.24. The lowest BCUT2D eigenvalue weighted by Gasteiger charge is -2.09. The molecule has 5 heteroatoms. The summed E-state index contributed by atoms with van der Waals surface area (Å²) in [6.07, 6.45) is 3.58. The molecule has 0 aliphatic carbocycles. The number of aromatic nitrogens is 2. The molecular weight excluding hydrogens is 330 g/mol. The second kappa shape index (κ2) is 6.84. The highest BCUT2D eigenvalue weighted by molar-refractivity contribution is 7.15. The largest absolute Gasteiger partial charge is 0.332 e. The van der Waals surface area contributed by atoms with Crippen LogP contribution in [0.5, 0.6) is 0 Å². The number of amides is 1. The van der Waals surface area contributed by atoms with Gasteiger partial charge in [-0.3, -0.25) is 10.1 Å². The lowest BCUT2D eigenvalue weighted by atomic mass is 10.0. The number of benzene rings is 1. The number of allylic oxidation sites excluding steroid dienone is 1. The van der Waals surface area contributed by atoms with Crippen LogP contribution in [0.3, 0.4) is 0 Å². The van der Waals surface area contributed by atoms with Crippen LogP contribution in [-0.4, -0.2) is 15.5 Å². The summed E-state index contributed by atoms with van der Waals surface area (Å²) in [5, 5.41) is 4.67. The fraction of sp³-hybridized carbons (Fsp3) is 0.300. The average Bonchev–Trinajstić information content (AvgIpc) is 3.09. The molecule has 3 aromatic rings. The van der Waals surface area contributed by atoms with E-state index < -0.39 is 0 Å². The highest BCUT2D eigenvalue weighted by Crippen LogP contribution is 2.30. The Labute approximate surface area is 152 Å². The quantitative estimate of drug-likeness (QED) is 0.635. The number of aryl methyl sites for hydroxylation is 2. The lowest BCUT2D eigenvalue weighted by Crippen LogP contribution is -2.17. The minimum absolute atomic E-state index is 0.129. The Kier molecular flexibility index (Phi) is 4.77. The standard InChI is InChI=1S/C20H23N3OS/c1-6-9-23-17-8-7-15(12(2)3)10-16(17)14(5)18(23)19(24)22-20-21-11-13(4)25-20/h6-8,10-12H,1,9H2,2-5H3,(H,21,22,24). The molecular formula is C20H23N3OS. The molecule has 2 heterocycles. The van der Waals surface area contributed by atoms with E-state index in [4.69, 9.17) is 0 Å². The van der Waals surface area contributed by atoms with Crippen molar-refractivity contribution in [1.82, 2.24) is 9.55 Å². The maximum atomic E-state index is 12.9. The summed E-state index contributed by atoms with van der Waals surface area (Å²) in [7, 11) is 0. The predicted octanol–water partition coefficient (Wildman–Crippen LogP) is 5.28. The van der Waals surface area contributed by atoms with E-state index in [9.17, 15) is 4.79 Å². The van der Waals surface area contributed by atoms with Gasteiger partial charge in [0.2, 0.25) is 0 Å². The van der Waals surface area contributed by atoms with Crippen LogP contribution in [0, 0.1) is 13.8 Å². The van der Waals surface area contributed by atoms with Gasteiger partial charge in [0.05, 0.1) is 0 Å². The Balaban J connectivity index is 2.11. The van der Waals surface area contributed by atoms with Gasteiger partial charge in [-0.25, -0.2) is 4.98 Å². The van der Waals surface area contributed by atoms with Crippen molar-refractivity contribution in [1.29, 1.82) is 0 Å². The number of carbonyl (C=O) groups excluding carboxylic acids is 1. The van der Waals surface area contributed by atoms with Crippen LogP contribution in [0.4, 0.5) is 5.13 Å². The van der Waals surface area contributed by atoms with E-state index in [0.29, 0.717) is 23.3 Å². The van der Waals surface area contributed by atoms with Crippen molar-refractivity contribution in [3.63, 3.8) is 0 Å². The van der Waals surface area contributed by atoms with Crippen molar-refractivity contribution in [3.8, 4) is 0 Å². The molecule has 0 spiro atoms. The van der Waals surface area contributed by atoms with Gasteiger partial charge >= 0.3 is 0 Å². The minimum Gasteiger partial charge on any atom is -0.332 e. The Morgan fingerprint density at radius 2 is 2.16 bits per heavy atom. The first kappa shape index (κ1) is 17.4. The Morgan fingerprint density at radius 1 is 1.40 bits per heavy atom. The predicted molar refractivity (Wildman–Crippen MR) is 106 cm³/mol. The van der Waals surface area contributed by atoms with Crippen LogP contribution in [-0.2, 0) is 6.54 Å². The first-order chi connectivity index (χ1) is 11.9. The topological polar surface area (TPSA) is 46.9 Å². The molecule has 0 aliphatic heterocycles. The van der Waals surface area contributed by atoms with Gasteiger partial charge in [0.15, 0.2) is 5.13 Å². The van der Waals surface area contributed by atoms with Crippen LogP contribution in [0.15, 0.2) is 37.1 Å². The van der Waals surface area contributed by atoms with Gasteiger partial charge in [-0.1, -0.05) is 26.0 Å². The molecule has 0 radical (unpaired) electrons. The third-order valence-corrected chi connectivity index (χ3v) is 5.20. The van der Waals surface area contributed by atoms with Crippen LogP contribution >= 0.6 is 11.3 Å². The third-order valence-electron chi connectivity index (χ3n) is 4.38. The molecule has 0 atom stereocenters. The van der Waals surface area contributed by atoms with Crippen molar-refractivity contribution in [3.05, 3.63) is 58.7 Å². The number of nitrogens with zero attached hydrogens (tertiary/aromatic N) is 2. The van der Waals surface area contributed by atoms with Gasteiger partial charge in [0, 0.05) is 28.5 Å². The molecule has 0 unspecified atom stereocenters. The summed E-state index contributed by atoms with van der Waals surface area (Å²) in [5.74, 6) is 0.318. The van der Waals surface area contributed by atoms with Crippen LogP contribution in [0.25, 0.3) is 10.9 Å². The maximum Gasteiger partial charge on any atom is 0.274 e. The molecule has 1 aromatic carbocycles. The van der Waals surface area contributed by atoms with E-state index in [1.807, 2.05) is 24.5 Å². The lowest BCUT2D eigenvalue weighted by molar-refractivity contribution is 0.101. The zero-order chi connectivity index (χ0) is 18.1. The highest BCUT2D eigenvalue weighted by Gasteiger charge is 2.21. The molecule has 0 fully saturated rings. The number of hydrogen-bond acceptors (Lipinski definition) is 3. The molecule has 25 heavy (non-hydrogen) atoms. The van der Waals surface area contributed by atoms with Gasteiger partial charge in [-0.15, -0.1) is 17.9 Å². The van der Waals surface area contributed by atoms with Crippen molar-refractivity contribution in [2.75, 3.05) is 5.32 Å². The minimum atomic E-state index is -0.129. The smallest absolute Gasteiger partial charge is 0.274 e. The number of carbonyl (C=O) groups is 1. The fourth-order valence-corrected chi connectivity index (χ4v) is 3.74.